The van der Waals surface area contributed by atoms with Gasteiger partial charge in [0, 0.05) is 39.9 Å². The van der Waals surface area contributed by atoms with Gasteiger partial charge in [0.15, 0.2) is 11.5 Å². The molecule has 1 aromatic heterocycles. The number of nitrogens with zero attached hydrogens (tertiary/aromatic N) is 4. The standard InChI is InChI=1S/C19H24N4O4/c1-21(2)19(24)12-25-16-10-22(9-15-5-6-20-23(15)11-16)8-14-3-4-17-18(7-14)27-13-26-17/h3-7,16H,8-13H2,1-2H3/t16-/m1/s1. The molecule has 2 aromatic rings. The Bertz CT molecular complexity index is 820. The van der Waals surface area contributed by atoms with Crippen LogP contribution in [0.5, 0.6) is 11.5 Å². The smallest absolute Gasteiger partial charge is 0.248 e. The van der Waals surface area contributed by atoms with E-state index in [9.17, 15) is 4.79 Å². The lowest BCUT2D eigenvalue weighted by Crippen LogP contribution is -2.36. The Kier molecular flexibility index (Phi) is 5.00. The number of carbonyl (C=O) groups is 1. The van der Waals surface area contributed by atoms with Crippen LogP contribution in [0.3, 0.4) is 0 Å². The topological polar surface area (TPSA) is 69.1 Å². The van der Waals surface area contributed by atoms with Crippen LogP contribution in [0, 0.1) is 0 Å². The summed E-state index contributed by atoms with van der Waals surface area (Å²) in [6.07, 6.45) is 1.70. The molecule has 1 atom stereocenters. The van der Waals surface area contributed by atoms with Crippen LogP contribution in [0.15, 0.2) is 30.5 Å². The predicted octanol–water partition coefficient (Wildman–Crippen LogP) is 1.10. The van der Waals surface area contributed by atoms with E-state index in [0.717, 1.165) is 42.4 Å². The fraction of sp³-hybridized carbons (Fsp3) is 0.474. The van der Waals surface area contributed by atoms with Crippen molar-refractivity contribution in [1.82, 2.24) is 19.6 Å². The molecule has 2 aliphatic rings. The van der Waals surface area contributed by atoms with Gasteiger partial charge in [0.1, 0.15) is 6.61 Å². The minimum Gasteiger partial charge on any atom is -0.454 e. The van der Waals surface area contributed by atoms with Crippen LogP contribution in [-0.2, 0) is 29.2 Å². The maximum absolute atomic E-state index is 11.9. The van der Waals surface area contributed by atoms with Gasteiger partial charge in [0.25, 0.3) is 0 Å². The fourth-order valence-corrected chi connectivity index (χ4v) is 3.33. The molecule has 0 N–H and O–H groups in total. The average molecular weight is 372 g/mol. The van der Waals surface area contributed by atoms with Gasteiger partial charge in [0.2, 0.25) is 12.7 Å². The number of ether oxygens (including phenoxy) is 3. The number of hydrogen-bond acceptors (Lipinski definition) is 6. The number of likely N-dealkylation sites (N-methyl/N-ethyl adjacent to an activating group) is 1. The van der Waals surface area contributed by atoms with Crippen LogP contribution in [0.4, 0.5) is 0 Å². The van der Waals surface area contributed by atoms with Crippen molar-refractivity contribution in [2.75, 3.05) is 34.0 Å². The van der Waals surface area contributed by atoms with Crippen LogP contribution in [0.1, 0.15) is 11.3 Å². The SMILES string of the molecule is CN(C)C(=O)CO[C@@H]1CN(Cc2ccc3c(c2)OCO3)Cc2ccnn2C1. The highest BCUT2D eigenvalue weighted by Crippen LogP contribution is 2.33. The summed E-state index contributed by atoms with van der Waals surface area (Å²) < 4.78 is 18.7. The zero-order valence-corrected chi connectivity index (χ0v) is 15.6. The summed E-state index contributed by atoms with van der Waals surface area (Å²) in [5.41, 5.74) is 2.29. The quantitative estimate of drug-likeness (QED) is 0.783. The van der Waals surface area contributed by atoms with Gasteiger partial charge in [-0.1, -0.05) is 6.07 Å². The first-order valence-electron chi connectivity index (χ1n) is 9.02. The minimum atomic E-state index is -0.107. The molecule has 4 rings (SSSR count). The molecule has 0 spiro atoms. The third kappa shape index (κ3) is 4.06. The van der Waals surface area contributed by atoms with E-state index in [1.54, 1.807) is 25.2 Å². The molecule has 2 aliphatic heterocycles. The molecule has 8 nitrogen and oxygen atoms in total. The first-order chi connectivity index (χ1) is 13.1. The van der Waals surface area contributed by atoms with Crippen molar-refractivity contribution in [1.29, 1.82) is 0 Å². The average Bonchev–Trinajstić information content (AvgIpc) is 3.25. The van der Waals surface area contributed by atoms with Crippen molar-refractivity contribution in [3.05, 3.63) is 41.7 Å². The summed E-state index contributed by atoms with van der Waals surface area (Å²) >= 11 is 0. The van der Waals surface area contributed by atoms with Gasteiger partial charge in [-0.25, -0.2) is 0 Å². The Morgan fingerprint density at radius 1 is 1.26 bits per heavy atom. The number of rotatable bonds is 5. The van der Waals surface area contributed by atoms with Crippen molar-refractivity contribution in [2.45, 2.75) is 25.7 Å². The zero-order chi connectivity index (χ0) is 18.8. The van der Waals surface area contributed by atoms with Gasteiger partial charge in [0.05, 0.1) is 18.3 Å². The Hall–Kier alpha value is -2.58. The number of benzene rings is 1. The fourth-order valence-electron chi connectivity index (χ4n) is 3.33. The van der Waals surface area contributed by atoms with Gasteiger partial charge in [-0.3, -0.25) is 14.4 Å². The highest BCUT2D eigenvalue weighted by atomic mass is 16.7. The summed E-state index contributed by atoms with van der Waals surface area (Å²) in [7, 11) is 3.46. The van der Waals surface area contributed by atoms with Crippen LogP contribution in [0.2, 0.25) is 0 Å². The summed E-state index contributed by atoms with van der Waals surface area (Å²) in [5, 5.41) is 4.40. The monoisotopic (exact) mass is 372 g/mol. The third-order valence-electron chi connectivity index (χ3n) is 4.81. The maximum Gasteiger partial charge on any atom is 0.248 e. The second-order valence-electron chi connectivity index (χ2n) is 7.08. The Morgan fingerprint density at radius 2 is 2.11 bits per heavy atom. The molecule has 3 heterocycles. The third-order valence-corrected chi connectivity index (χ3v) is 4.81. The normalized spacial score (nSPS) is 18.8. The van der Waals surface area contributed by atoms with Crippen LogP contribution in [-0.4, -0.2) is 65.6 Å². The lowest BCUT2D eigenvalue weighted by Gasteiger charge is -2.24. The number of amides is 1. The van der Waals surface area contributed by atoms with Gasteiger partial charge < -0.3 is 19.1 Å². The van der Waals surface area contributed by atoms with Crippen molar-refractivity contribution in [2.24, 2.45) is 0 Å². The Morgan fingerprint density at radius 3 is 2.96 bits per heavy atom. The van der Waals surface area contributed by atoms with E-state index >= 15 is 0 Å². The molecule has 1 aromatic carbocycles. The molecule has 0 radical (unpaired) electrons. The van der Waals surface area contributed by atoms with Crippen molar-refractivity contribution in [3.63, 3.8) is 0 Å². The molecule has 0 saturated heterocycles. The summed E-state index contributed by atoms with van der Waals surface area (Å²) in [6, 6.07) is 8.06. The first-order valence-corrected chi connectivity index (χ1v) is 9.02. The number of carbonyl (C=O) groups excluding carboxylic acids is 1. The van der Waals surface area contributed by atoms with Gasteiger partial charge in [-0.05, 0) is 23.8 Å². The Labute approximate surface area is 158 Å². The molecule has 0 fully saturated rings. The van der Waals surface area contributed by atoms with E-state index in [4.69, 9.17) is 14.2 Å². The van der Waals surface area contributed by atoms with E-state index < -0.39 is 0 Å². The second kappa shape index (κ2) is 7.58. The minimum absolute atomic E-state index is 0.0396. The largest absolute Gasteiger partial charge is 0.454 e. The zero-order valence-electron chi connectivity index (χ0n) is 15.6. The molecule has 144 valence electrons. The summed E-state index contributed by atoms with van der Waals surface area (Å²) in [6.45, 7) is 3.24. The Balaban J connectivity index is 1.47. The molecule has 0 saturated carbocycles. The van der Waals surface area contributed by atoms with Crippen molar-refractivity contribution < 1.29 is 19.0 Å². The van der Waals surface area contributed by atoms with E-state index in [2.05, 4.69) is 16.1 Å². The molecule has 0 aliphatic carbocycles. The number of fused-ring (bicyclic) bond motifs is 2. The van der Waals surface area contributed by atoms with Gasteiger partial charge in [-0.2, -0.15) is 5.10 Å². The van der Waals surface area contributed by atoms with Gasteiger partial charge in [-0.15, -0.1) is 0 Å². The van der Waals surface area contributed by atoms with E-state index in [1.807, 2.05) is 22.9 Å². The van der Waals surface area contributed by atoms with Crippen molar-refractivity contribution in [3.8, 4) is 11.5 Å². The molecule has 0 unspecified atom stereocenters. The van der Waals surface area contributed by atoms with E-state index in [0.29, 0.717) is 6.54 Å². The molecule has 1 amide bonds. The molecular weight excluding hydrogens is 348 g/mol. The van der Waals surface area contributed by atoms with Crippen molar-refractivity contribution >= 4 is 5.91 Å². The maximum atomic E-state index is 11.9. The second-order valence-corrected chi connectivity index (χ2v) is 7.08. The lowest BCUT2D eigenvalue weighted by molar-refractivity contribution is -0.136. The van der Waals surface area contributed by atoms with Gasteiger partial charge >= 0.3 is 0 Å². The van der Waals surface area contributed by atoms with Crippen LogP contribution < -0.4 is 9.47 Å². The summed E-state index contributed by atoms with van der Waals surface area (Å²) in [5.74, 6) is 1.54. The van der Waals surface area contributed by atoms with E-state index in [-0.39, 0.29) is 25.4 Å². The molecule has 27 heavy (non-hydrogen) atoms. The van der Waals surface area contributed by atoms with Crippen LogP contribution >= 0.6 is 0 Å². The molecular formula is C19H24N4O4. The lowest BCUT2D eigenvalue weighted by atomic mass is 10.1. The summed E-state index contributed by atoms with van der Waals surface area (Å²) in [4.78, 5) is 15.7. The first kappa shape index (κ1) is 17.8. The van der Waals surface area contributed by atoms with E-state index in [1.165, 1.54) is 0 Å². The molecule has 8 heteroatoms. The highest BCUT2D eigenvalue weighted by Gasteiger charge is 2.24. The van der Waals surface area contributed by atoms with Crippen LogP contribution in [0.25, 0.3) is 0 Å². The highest BCUT2D eigenvalue weighted by molar-refractivity contribution is 5.76. The molecule has 0 bridgehead atoms. The number of aromatic nitrogens is 2. The predicted molar refractivity (Wildman–Crippen MR) is 97.3 cm³/mol. The number of hydrogen-bond donors (Lipinski definition) is 0.